The molecule has 1 aromatic carbocycles. The zero-order chi connectivity index (χ0) is 14.7. The standard InChI is InChI=1S/C14H11BrFNO3/c1-19-8-3-4-9(11(5-8)14(18)20-2)10-6-13(15)17-7-12(10)16/h3-7H,1-2H3. The van der Waals surface area contributed by atoms with Gasteiger partial charge >= 0.3 is 5.97 Å². The first kappa shape index (κ1) is 14.5. The molecule has 2 aromatic rings. The van der Waals surface area contributed by atoms with Gasteiger partial charge in [0.15, 0.2) is 0 Å². The summed E-state index contributed by atoms with van der Waals surface area (Å²) in [6.07, 6.45) is 1.09. The van der Waals surface area contributed by atoms with E-state index in [4.69, 9.17) is 9.47 Å². The number of rotatable bonds is 3. The molecule has 0 spiro atoms. The van der Waals surface area contributed by atoms with E-state index in [0.717, 1.165) is 6.20 Å². The molecule has 0 aliphatic rings. The molecule has 6 heteroatoms. The molecular weight excluding hydrogens is 329 g/mol. The average molecular weight is 340 g/mol. The van der Waals surface area contributed by atoms with E-state index >= 15 is 0 Å². The lowest BCUT2D eigenvalue weighted by atomic mass is 10.00. The summed E-state index contributed by atoms with van der Waals surface area (Å²) >= 11 is 3.18. The molecule has 2 rings (SSSR count). The molecule has 0 fully saturated rings. The van der Waals surface area contributed by atoms with E-state index in [0.29, 0.717) is 15.9 Å². The summed E-state index contributed by atoms with van der Waals surface area (Å²) < 4.78 is 24.2. The molecule has 0 saturated heterocycles. The zero-order valence-corrected chi connectivity index (χ0v) is 12.4. The van der Waals surface area contributed by atoms with E-state index in [1.807, 2.05) is 0 Å². The molecule has 0 aliphatic carbocycles. The first-order valence-electron chi connectivity index (χ1n) is 5.64. The highest BCUT2D eigenvalue weighted by Gasteiger charge is 2.17. The number of pyridine rings is 1. The van der Waals surface area contributed by atoms with Gasteiger partial charge in [-0.15, -0.1) is 0 Å². The van der Waals surface area contributed by atoms with Gasteiger partial charge < -0.3 is 9.47 Å². The maximum atomic E-state index is 13.9. The molecule has 0 saturated carbocycles. The Bertz CT molecular complexity index is 661. The van der Waals surface area contributed by atoms with Gasteiger partial charge in [0.2, 0.25) is 0 Å². The van der Waals surface area contributed by atoms with E-state index < -0.39 is 11.8 Å². The van der Waals surface area contributed by atoms with Crippen LogP contribution in [-0.4, -0.2) is 25.2 Å². The number of methoxy groups -OCH3 is 2. The Morgan fingerprint density at radius 3 is 2.65 bits per heavy atom. The third-order valence-electron chi connectivity index (χ3n) is 2.74. The number of nitrogens with zero attached hydrogens (tertiary/aromatic N) is 1. The highest BCUT2D eigenvalue weighted by molar-refractivity contribution is 9.10. The van der Waals surface area contributed by atoms with Crippen molar-refractivity contribution < 1.29 is 18.7 Å². The average Bonchev–Trinajstić information content (AvgIpc) is 2.48. The van der Waals surface area contributed by atoms with Crippen LogP contribution >= 0.6 is 15.9 Å². The predicted molar refractivity (Wildman–Crippen MR) is 75.2 cm³/mol. The largest absolute Gasteiger partial charge is 0.497 e. The van der Waals surface area contributed by atoms with E-state index in [1.54, 1.807) is 12.1 Å². The van der Waals surface area contributed by atoms with E-state index in [-0.39, 0.29) is 11.1 Å². The molecule has 0 aliphatic heterocycles. The maximum Gasteiger partial charge on any atom is 0.338 e. The maximum absolute atomic E-state index is 13.9. The molecule has 0 amide bonds. The minimum Gasteiger partial charge on any atom is -0.497 e. The molecule has 0 radical (unpaired) electrons. The fourth-order valence-electron chi connectivity index (χ4n) is 1.78. The minimum absolute atomic E-state index is 0.226. The number of carbonyl (C=O) groups excluding carboxylic acids is 1. The van der Waals surface area contributed by atoms with Gasteiger partial charge in [-0.05, 0) is 45.8 Å². The lowest BCUT2D eigenvalue weighted by Gasteiger charge is -2.11. The van der Waals surface area contributed by atoms with Crippen molar-refractivity contribution in [1.82, 2.24) is 4.98 Å². The first-order chi connectivity index (χ1) is 9.56. The number of benzene rings is 1. The van der Waals surface area contributed by atoms with Crippen molar-refractivity contribution in [3.8, 4) is 16.9 Å². The lowest BCUT2D eigenvalue weighted by Crippen LogP contribution is -2.05. The fourth-order valence-corrected chi connectivity index (χ4v) is 2.11. The topological polar surface area (TPSA) is 48.4 Å². The van der Waals surface area contributed by atoms with Gasteiger partial charge in [-0.1, -0.05) is 0 Å². The first-order valence-corrected chi connectivity index (χ1v) is 6.44. The van der Waals surface area contributed by atoms with Crippen LogP contribution in [-0.2, 0) is 4.74 Å². The Balaban J connectivity index is 2.66. The van der Waals surface area contributed by atoms with Gasteiger partial charge in [0.25, 0.3) is 0 Å². The molecular formula is C14H11BrFNO3. The second-order valence-corrected chi connectivity index (χ2v) is 4.70. The van der Waals surface area contributed by atoms with Crippen LogP contribution in [0, 0.1) is 5.82 Å². The van der Waals surface area contributed by atoms with Crippen LogP contribution in [0.4, 0.5) is 4.39 Å². The highest BCUT2D eigenvalue weighted by Crippen LogP contribution is 2.31. The summed E-state index contributed by atoms with van der Waals surface area (Å²) in [7, 11) is 2.75. The zero-order valence-electron chi connectivity index (χ0n) is 10.8. The molecule has 0 bridgehead atoms. The minimum atomic E-state index is -0.564. The second-order valence-electron chi connectivity index (χ2n) is 3.89. The van der Waals surface area contributed by atoms with Gasteiger partial charge in [0.05, 0.1) is 26.0 Å². The Morgan fingerprint density at radius 2 is 2.00 bits per heavy atom. The van der Waals surface area contributed by atoms with Crippen LogP contribution in [0.15, 0.2) is 35.1 Å². The number of ether oxygens (including phenoxy) is 2. The third kappa shape index (κ3) is 2.80. The van der Waals surface area contributed by atoms with Crippen LogP contribution in [0.25, 0.3) is 11.1 Å². The summed E-state index contributed by atoms with van der Waals surface area (Å²) in [6, 6.07) is 6.27. The number of esters is 1. The predicted octanol–water partition coefficient (Wildman–Crippen LogP) is 3.45. The van der Waals surface area contributed by atoms with Crippen LogP contribution < -0.4 is 4.74 Å². The third-order valence-corrected chi connectivity index (χ3v) is 3.18. The van der Waals surface area contributed by atoms with Crippen LogP contribution in [0.1, 0.15) is 10.4 Å². The van der Waals surface area contributed by atoms with Gasteiger partial charge in [-0.3, -0.25) is 0 Å². The Kier molecular flexibility index (Phi) is 4.34. The van der Waals surface area contributed by atoms with Crippen molar-refractivity contribution in [2.45, 2.75) is 0 Å². The SMILES string of the molecule is COC(=O)c1cc(OC)ccc1-c1cc(Br)ncc1F. The Morgan fingerprint density at radius 1 is 1.25 bits per heavy atom. The number of carbonyl (C=O) groups is 1. The van der Waals surface area contributed by atoms with E-state index in [1.165, 1.54) is 26.4 Å². The fraction of sp³-hybridized carbons (Fsp3) is 0.143. The summed E-state index contributed by atoms with van der Waals surface area (Å²) in [4.78, 5) is 15.6. The molecule has 4 nitrogen and oxygen atoms in total. The molecule has 0 atom stereocenters. The highest BCUT2D eigenvalue weighted by atomic mass is 79.9. The lowest BCUT2D eigenvalue weighted by molar-refractivity contribution is 0.0601. The van der Waals surface area contributed by atoms with Crippen molar-refractivity contribution in [2.75, 3.05) is 14.2 Å². The molecule has 0 unspecified atom stereocenters. The van der Waals surface area contributed by atoms with Gasteiger partial charge in [0, 0.05) is 5.56 Å². The molecule has 104 valence electrons. The number of hydrogen-bond acceptors (Lipinski definition) is 4. The normalized spacial score (nSPS) is 10.2. The summed E-state index contributed by atoms with van der Waals surface area (Å²) in [5.41, 5.74) is 0.900. The summed E-state index contributed by atoms with van der Waals surface area (Å²) in [5, 5.41) is 0. The quantitative estimate of drug-likeness (QED) is 0.634. The van der Waals surface area contributed by atoms with Crippen molar-refractivity contribution in [1.29, 1.82) is 0 Å². The van der Waals surface area contributed by atoms with E-state index in [9.17, 15) is 9.18 Å². The van der Waals surface area contributed by atoms with Gasteiger partial charge in [-0.2, -0.15) is 0 Å². The van der Waals surface area contributed by atoms with Crippen LogP contribution in [0.5, 0.6) is 5.75 Å². The van der Waals surface area contributed by atoms with Crippen molar-refractivity contribution >= 4 is 21.9 Å². The van der Waals surface area contributed by atoms with Crippen molar-refractivity contribution in [2.24, 2.45) is 0 Å². The summed E-state index contributed by atoms with van der Waals surface area (Å²) in [6.45, 7) is 0. The second kappa shape index (κ2) is 6.00. The Labute approximate surface area is 123 Å². The van der Waals surface area contributed by atoms with Crippen LogP contribution in [0.3, 0.4) is 0 Å². The van der Waals surface area contributed by atoms with Gasteiger partial charge in [0.1, 0.15) is 16.2 Å². The van der Waals surface area contributed by atoms with Crippen molar-refractivity contribution in [3.05, 3.63) is 46.4 Å². The summed E-state index contributed by atoms with van der Waals surface area (Å²) in [5.74, 6) is -0.600. The monoisotopic (exact) mass is 339 g/mol. The van der Waals surface area contributed by atoms with Crippen molar-refractivity contribution in [3.63, 3.8) is 0 Å². The molecule has 1 aromatic heterocycles. The molecule has 0 N–H and O–H groups in total. The smallest absolute Gasteiger partial charge is 0.338 e. The molecule has 20 heavy (non-hydrogen) atoms. The number of halogens is 2. The Hall–Kier alpha value is -1.95. The van der Waals surface area contributed by atoms with E-state index in [2.05, 4.69) is 20.9 Å². The van der Waals surface area contributed by atoms with Gasteiger partial charge in [-0.25, -0.2) is 14.2 Å². The van der Waals surface area contributed by atoms with Crippen LogP contribution in [0.2, 0.25) is 0 Å². The number of hydrogen-bond donors (Lipinski definition) is 0. The molecule has 1 heterocycles. The number of aromatic nitrogens is 1.